The van der Waals surface area contributed by atoms with Crippen molar-refractivity contribution in [3.63, 3.8) is 0 Å². The lowest BCUT2D eigenvalue weighted by atomic mass is 10.2. The lowest BCUT2D eigenvalue weighted by Crippen LogP contribution is -2.18. The van der Waals surface area contributed by atoms with Gasteiger partial charge in [-0.3, -0.25) is 4.79 Å². The largest absolute Gasteiger partial charge is 0.495 e. The molecule has 1 N–H and O–H groups in total. The molecular formula is C29H20BrClFN3O4S. The van der Waals surface area contributed by atoms with E-state index < -0.39 is 27.3 Å². The van der Waals surface area contributed by atoms with Crippen molar-refractivity contribution in [1.82, 2.24) is 8.96 Å². The Morgan fingerprint density at radius 2 is 1.82 bits per heavy atom. The minimum Gasteiger partial charge on any atom is -0.495 e. The highest BCUT2D eigenvalue weighted by molar-refractivity contribution is 9.10. The molecule has 40 heavy (non-hydrogen) atoms. The number of benzene rings is 4. The maximum Gasteiger partial charge on any atom is 0.269 e. The van der Waals surface area contributed by atoms with E-state index in [4.69, 9.17) is 16.3 Å². The van der Waals surface area contributed by atoms with Gasteiger partial charge in [0.05, 0.1) is 34.3 Å². The van der Waals surface area contributed by atoms with E-state index in [1.165, 1.54) is 13.2 Å². The van der Waals surface area contributed by atoms with Crippen LogP contribution in [0.15, 0.2) is 94.3 Å². The number of nitrogens with one attached hydrogen (secondary N) is 1. The third kappa shape index (κ3) is 5.51. The zero-order valence-electron chi connectivity index (χ0n) is 20.8. The zero-order chi connectivity index (χ0) is 28.4. The minimum absolute atomic E-state index is 0.139. The van der Waals surface area contributed by atoms with Gasteiger partial charge in [0.1, 0.15) is 17.4 Å². The number of carbonyl (C=O) groups is 1. The first kappa shape index (κ1) is 27.6. The Morgan fingerprint density at radius 3 is 2.60 bits per heavy atom. The average Bonchev–Trinajstić information content (AvgIpc) is 3.31. The molecule has 0 atom stereocenters. The van der Waals surface area contributed by atoms with Gasteiger partial charge in [0.25, 0.3) is 15.9 Å². The lowest BCUT2D eigenvalue weighted by Gasteiger charge is -2.13. The van der Waals surface area contributed by atoms with E-state index in [-0.39, 0.29) is 16.4 Å². The number of ether oxygens (including phenoxy) is 1. The van der Waals surface area contributed by atoms with Crippen molar-refractivity contribution < 1.29 is 22.3 Å². The Labute approximate surface area is 243 Å². The molecule has 0 aliphatic rings. The van der Waals surface area contributed by atoms with Crippen LogP contribution in [0.1, 0.15) is 21.7 Å². The Morgan fingerprint density at radius 1 is 1.02 bits per heavy atom. The van der Waals surface area contributed by atoms with E-state index in [0.29, 0.717) is 21.8 Å². The van der Waals surface area contributed by atoms with Crippen LogP contribution in [-0.2, 0) is 10.0 Å². The van der Waals surface area contributed by atoms with Crippen molar-refractivity contribution in [3.05, 3.63) is 117 Å². The van der Waals surface area contributed by atoms with E-state index in [9.17, 15) is 17.6 Å². The Balaban J connectivity index is 1.58. The number of anilines is 1. The Kier molecular flexibility index (Phi) is 7.75. The van der Waals surface area contributed by atoms with Gasteiger partial charge in [-0.2, -0.15) is 0 Å². The van der Waals surface area contributed by atoms with Gasteiger partial charge in [-0.25, -0.2) is 21.8 Å². The first-order valence-corrected chi connectivity index (χ1v) is 14.4. The van der Waals surface area contributed by atoms with Crippen molar-refractivity contribution in [2.75, 3.05) is 12.4 Å². The monoisotopic (exact) mass is 639 g/mol. The first-order valence-electron chi connectivity index (χ1n) is 11.8. The van der Waals surface area contributed by atoms with Crippen LogP contribution in [0.2, 0.25) is 5.02 Å². The van der Waals surface area contributed by atoms with E-state index in [1.54, 1.807) is 48.6 Å². The molecule has 5 aromatic rings. The molecule has 0 saturated heterocycles. The molecule has 0 fully saturated rings. The molecule has 0 spiro atoms. The van der Waals surface area contributed by atoms with Crippen molar-refractivity contribution >= 4 is 72.3 Å². The van der Waals surface area contributed by atoms with Crippen molar-refractivity contribution in [2.24, 2.45) is 0 Å². The third-order valence-electron chi connectivity index (χ3n) is 5.95. The standard InChI is InChI=1S/C29H20BrClFN3O4S/c1-39-27-13-10-20(31)16-25(27)34-29(36)22-17-21(11-12-23(22)32)40(37,38)35-26-8-3-2-7-24(26)33-28(35)14-9-18-5-4-6-19(30)15-18/h2-17H,1H3,(H,34,36)/b14-9+. The van der Waals surface area contributed by atoms with Gasteiger partial charge in [-0.1, -0.05) is 57.9 Å². The van der Waals surface area contributed by atoms with E-state index >= 15 is 0 Å². The summed E-state index contributed by atoms with van der Waals surface area (Å²) in [6, 6.07) is 21.8. The van der Waals surface area contributed by atoms with Gasteiger partial charge < -0.3 is 10.1 Å². The minimum atomic E-state index is -4.33. The maximum atomic E-state index is 14.8. The van der Waals surface area contributed by atoms with E-state index in [0.717, 1.165) is 32.2 Å². The van der Waals surface area contributed by atoms with Crippen LogP contribution < -0.4 is 10.1 Å². The van der Waals surface area contributed by atoms with Crippen LogP contribution in [0.4, 0.5) is 10.1 Å². The first-order chi connectivity index (χ1) is 19.2. The number of methoxy groups -OCH3 is 1. The van der Waals surface area contributed by atoms with Gasteiger partial charge >= 0.3 is 0 Å². The number of aromatic nitrogens is 2. The molecule has 1 amide bonds. The van der Waals surface area contributed by atoms with Gasteiger partial charge in [0.2, 0.25) is 0 Å². The molecule has 0 aliphatic heterocycles. The molecule has 1 aromatic heterocycles. The van der Waals surface area contributed by atoms with Crippen LogP contribution >= 0.6 is 27.5 Å². The summed E-state index contributed by atoms with van der Waals surface area (Å²) in [6.07, 6.45) is 3.32. The molecule has 7 nitrogen and oxygen atoms in total. The van der Waals surface area contributed by atoms with Gasteiger partial charge in [-0.15, -0.1) is 0 Å². The number of para-hydroxylation sites is 2. The topological polar surface area (TPSA) is 90.3 Å². The maximum absolute atomic E-state index is 14.8. The van der Waals surface area contributed by atoms with Crippen molar-refractivity contribution in [3.8, 4) is 5.75 Å². The smallest absolute Gasteiger partial charge is 0.269 e. The Hall–Kier alpha value is -3.99. The number of rotatable bonds is 7. The molecule has 1 heterocycles. The second kappa shape index (κ2) is 11.2. The summed E-state index contributed by atoms with van der Waals surface area (Å²) in [4.78, 5) is 17.3. The fourth-order valence-corrected chi connectivity index (χ4v) is 6.14. The fourth-order valence-electron chi connectivity index (χ4n) is 4.07. The highest BCUT2D eigenvalue weighted by Gasteiger charge is 2.26. The van der Waals surface area contributed by atoms with Crippen LogP contribution in [0.5, 0.6) is 5.75 Å². The molecule has 0 unspecified atom stereocenters. The quantitative estimate of drug-likeness (QED) is 0.202. The molecule has 11 heteroatoms. The summed E-state index contributed by atoms with van der Waals surface area (Å²) in [6.45, 7) is 0. The zero-order valence-corrected chi connectivity index (χ0v) is 24.0. The summed E-state index contributed by atoms with van der Waals surface area (Å²) >= 11 is 9.46. The van der Waals surface area contributed by atoms with Crippen molar-refractivity contribution in [1.29, 1.82) is 0 Å². The summed E-state index contributed by atoms with van der Waals surface area (Å²) in [5.41, 5.74) is 1.33. The normalized spacial score (nSPS) is 11.7. The highest BCUT2D eigenvalue weighted by Crippen LogP contribution is 2.30. The van der Waals surface area contributed by atoms with Gasteiger partial charge in [-0.05, 0) is 72.3 Å². The highest BCUT2D eigenvalue weighted by atomic mass is 79.9. The van der Waals surface area contributed by atoms with Crippen LogP contribution in [0.25, 0.3) is 23.2 Å². The van der Waals surface area contributed by atoms with Gasteiger partial charge in [0, 0.05) is 9.50 Å². The molecular weight excluding hydrogens is 621 g/mol. The van der Waals surface area contributed by atoms with E-state index in [2.05, 4.69) is 26.2 Å². The van der Waals surface area contributed by atoms with Crippen LogP contribution in [-0.4, -0.2) is 30.4 Å². The summed E-state index contributed by atoms with van der Waals surface area (Å²) in [5, 5.41) is 2.86. The number of hydrogen-bond donors (Lipinski definition) is 1. The molecule has 0 saturated carbocycles. The molecule has 0 radical (unpaired) electrons. The second-order valence-electron chi connectivity index (χ2n) is 8.56. The summed E-state index contributed by atoms with van der Waals surface area (Å²) in [5.74, 6) is -1.34. The number of amides is 1. The van der Waals surface area contributed by atoms with Crippen LogP contribution in [0, 0.1) is 5.82 Å². The lowest BCUT2D eigenvalue weighted by molar-refractivity contribution is 0.102. The van der Waals surface area contributed by atoms with E-state index in [1.807, 2.05) is 24.3 Å². The number of imidazole rings is 1. The summed E-state index contributed by atoms with van der Waals surface area (Å²) in [7, 11) is -2.92. The molecule has 5 rings (SSSR count). The number of carbonyl (C=O) groups excluding carboxylic acids is 1. The summed E-state index contributed by atoms with van der Waals surface area (Å²) < 4.78 is 50.0. The number of halogens is 3. The molecule has 0 aliphatic carbocycles. The molecule has 4 aromatic carbocycles. The van der Waals surface area contributed by atoms with Crippen molar-refractivity contribution in [2.45, 2.75) is 4.90 Å². The fraction of sp³-hybridized carbons (Fsp3) is 0.0345. The SMILES string of the molecule is COc1ccc(Cl)cc1NC(=O)c1cc(S(=O)(=O)n2c(/C=C/c3cccc(Br)c3)nc3ccccc32)ccc1F. The second-order valence-corrected chi connectivity index (χ2v) is 11.7. The average molecular weight is 641 g/mol. The predicted molar refractivity (Wildman–Crippen MR) is 158 cm³/mol. The third-order valence-corrected chi connectivity index (χ3v) is 8.39. The Bertz CT molecular complexity index is 1910. The number of nitrogens with zero attached hydrogens (tertiary/aromatic N) is 2. The predicted octanol–water partition coefficient (Wildman–Crippen LogP) is 7.26. The molecule has 0 bridgehead atoms. The number of fused-ring (bicyclic) bond motifs is 1. The molecule has 202 valence electrons. The van der Waals surface area contributed by atoms with Crippen LogP contribution in [0.3, 0.4) is 0 Å². The van der Waals surface area contributed by atoms with Gasteiger partial charge in [0.15, 0.2) is 0 Å². The number of hydrogen-bond acceptors (Lipinski definition) is 5.